The molecule has 0 atom stereocenters. The van der Waals surface area contributed by atoms with Crippen LogP contribution >= 0.6 is 11.3 Å². The highest BCUT2D eigenvalue weighted by molar-refractivity contribution is 7.13. The van der Waals surface area contributed by atoms with Gasteiger partial charge in [-0.2, -0.15) is 0 Å². The monoisotopic (exact) mass is 406 g/mol. The van der Waals surface area contributed by atoms with Crippen LogP contribution in [0.3, 0.4) is 0 Å². The summed E-state index contributed by atoms with van der Waals surface area (Å²) in [6, 6.07) is 14.0. The molecule has 3 aromatic rings. The Hall–Kier alpha value is -2.73. The molecule has 5 nitrogen and oxygen atoms in total. The Morgan fingerprint density at radius 1 is 1.17 bits per heavy atom. The number of amides is 1. The standard InChI is InChI=1S/C23H26N4OS/c1-17-10-13-27(14-11-17)23(28)19-7-8-21(25-15-19)24-12-9-20-16-29-22(26-20)18-5-3-2-4-6-18/h2-8,15-17H,9-14H2,1H3,(H,24,25). The molecular weight excluding hydrogens is 380 g/mol. The molecule has 0 saturated carbocycles. The summed E-state index contributed by atoms with van der Waals surface area (Å²) in [6.07, 6.45) is 4.68. The molecule has 0 radical (unpaired) electrons. The largest absolute Gasteiger partial charge is 0.370 e. The van der Waals surface area contributed by atoms with Crippen LogP contribution in [0.4, 0.5) is 5.82 Å². The first kappa shape index (κ1) is 19.6. The number of nitrogens with one attached hydrogen (secondary N) is 1. The summed E-state index contributed by atoms with van der Waals surface area (Å²) in [7, 11) is 0. The van der Waals surface area contributed by atoms with Crippen molar-refractivity contribution in [1.82, 2.24) is 14.9 Å². The molecule has 0 aliphatic carbocycles. The number of thiazole rings is 1. The summed E-state index contributed by atoms with van der Waals surface area (Å²) < 4.78 is 0. The molecule has 1 aliphatic rings. The number of benzene rings is 1. The van der Waals surface area contributed by atoms with E-state index in [1.54, 1.807) is 17.5 Å². The average Bonchev–Trinajstić information content (AvgIpc) is 3.24. The molecule has 29 heavy (non-hydrogen) atoms. The lowest BCUT2D eigenvalue weighted by Crippen LogP contribution is -2.37. The van der Waals surface area contributed by atoms with Gasteiger partial charge in [-0.05, 0) is 30.9 Å². The molecule has 6 heteroatoms. The maximum absolute atomic E-state index is 12.6. The molecule has 0 unspecified atom stereocenters. The van der Waals surface area contributed by atoms with Crippen molar-refractivity contribution in [3.05, 3.63) is 65.3 Å². The van der Waals surface area contributed by atoms with E-state index in [-0.39, 0.29) is 5.91 Å². The number of hydrogen-bond donors (Lipinski definition) is 1. The van der Waals surface area contributed by atoms with Gasteiger partial charge >= 0.3 is 0 Å². The molecule has 1 fully saturated rings. The fourth-order valence-corrected chi connectivity index (χ4v) is 4.33. The Kier molecular flexibility index (Phi) is 6.20. The zero-order valence-corrected chi connectivity index (χ0v) is 17.5. The molecule has 1 aliphatic heterocycles. The van der Waals surface area contributed by atoms with Crippen LogP contribution in [0.1, 0.15) is 35.8 Å². The highest BCUT2D eigenvalue weighted by Crippen LogP contribution is 2.23. The Labute approximate surface area is 175 Å². The molecule has 1 aromatic carbocycles. The SMILES string of the molecule is CC1CCN(C(=O)c2ccc(NCCc3csc(-c4ccccc4)n3)nc2)CC1. The first-order valence-corrected chi connectivity index (χ1v) is 11.1. The Balaban J connectivity index is 1.27. The summed E-state index contributed by atoms with van der Waals surface area (Å²) in [6.45, 7) is 4.69. The van der Waals surface area contributed by atoms with Crippen molar-refractivity contribution in [2.75, 3.05) is 25.0 Å². The van der Waals surface area contributed by atoms with Gasteiger partial charge in [0.2, 0.25) is 0 Å². The van der Waals surface area contributed by atoms with Gasteiger partial charge in [0.1, 0.15) is 10.8 Å². The van der Waals surface area contributed by atoms with Gasteiger partial charge in [0.05, 0.1) is 11.3 Å². The molecule has 1 amide bonds. The minimum Gasteiger partial charge on any atom is -0.370 e. The maximum atomic E-state index is 12.6. The number of hydrogen-bond acceptors (Lipinski definition) is 5. The van der Waals surface area contributed by atoms with Crippen molar-refractivity contribution in [3.63, 3.8) is 0 Å². The number of pyridine rings is 1. The second-order valence-electron chi connectivity index (χ2n) is 7.59. The van der Waals surface area contributed by atoms with Crippen molar-refractivity contribution in [2.24, 2.45) is 5.92 Å². The number of likely N-dealkylation sites (tertiary alicyclic amines) is 1. The normalized spacial score (nSPS) is 14.7. The van der Waals surface area contributed by atoms with E-state index >= 15 is 0 Å². The van der Waals surface area contributed by atoms with Crippen molar-refractivity contribution in [3.8, 4) is 10.6 Å². The van der Waals surface area contributed by atoms with Crippen LogP contribution in [-0.2, 0) is 6.42 Å². The van der Waals surface area contributed by atoms with Gasteiger partial charge in [0.15, 0.2) is 0 Å². The third kappa shape index (κ3) is 5.01. The fourth-order valence-electron chi connectivity index (χ4n) is 3.47. The second-order valence-corrected chi connectivity index (χ2v) is 8.45. The number of anilines is 1. The van der Waals surface area contributed by atoms with Gasteiger partial charge in [-0.3, -0.25) is 4.79 Å². The lowest BCUT2D eigenvalue weighted by atomic mass is 9.99. The molecule has 1 saturated heterocycles. The van der Waals surface area contributed by atoms with E-state index in [1.807, 2.05) is 35.2 Å². The summed E-state index contributed by atoms with van der Waals surface area (Å²) in [4.78, 5) is 23.7. The molecule has 2 aromatic heterocycles. The van der Waals surface area contributed by atoms with E-state index < -0.39 is 0 Å². The number of rotatable bonds is 6. The Morgan fingerprint density at radius 3 is 2.69 bits per heavy atom. The Bertz CT molecular complexity index is 931. The van der Waals surface area contributed by atoms with Crippen molar-refractivity contribution in [2.45, 2.75) is 26.2 Å². The lowest BCUT2D eigenvalue weighted by molar-refractivity contribution is 0.0697. The number of carbonyl (C=O) groups is 1. The zero-order chi connectivity index (χ0) is 20.1. The number of carbonyl (C=O) groups excluding carboxylic acids is 1. The highest BCUT2D eigenvalue weighted by atomic mass is 32.1. The molecular formula is C23H26N4OS. The molecule has 1 N–H and O–H groups in total. The molecule has 4 rings (SSSR count). The third-order valence-corrected chi connectivity index (χ3v) is 6.28. The third-order valence-electron chi connectivity index (χ3n) is 5.34. The first-order valence-electron chi connectivity index (χ1n) is 10.2. The molecule has 150 valence electrons. The summed E-state index contributed by atoms with van der Waals surface area (Å²) >= 11 is 1.67. The quantitative estimate of drug-likeness (QED) is 0.643. The van der Waals surface area contributed by atoms with E-state index in [9.17, 15) is 4.79 Å². The predicted octanol–water partition coefficient (Wildman–Crippen LogP) is 4.73. The molecule has 0 spiro atoms. The number of nitrogens with zero attached hydrogens (tertiary/aromatic N) is 3. The van der Waals surface area contributed by atoms with Gasteiger partial charge in [-0.25, -0.2) is 9.97 Å². The van der Waals surface area contributed by atoms with E-state index in [0.29, 0.717) is 11.5 Å². The van der Waals surface area contributed by atoms with Crippen LogP contribution in [-0.4, -0.2) is 40.4 Å². The van der Waals surface area contributed by atoms with Crippen LogP contribution in [0.5, 0.6) is 0 Å². The van der Waals surface area contributed by atoms with E-state index in [0.717, 1.165) is 61.0 Å². The number of piperidine rings is 1. The minimum absolute atomic E-state index is 0.0897. The van der Waals surface area contributed by atoms with Crippen LogP contribution in [0.25, 0.3) is 10.6 Å². The second kappa shape index (κ2) is 9.18. The van der Waals surface area contributed by atoms with Crippen LogP contribution in [0.2, 0.25) is 0 Å². The summed E-state index contributed by atoms with van der Waals surface area (Å²) in [5.41, 5.74) is 2.89. The highest BCUT2D eigenvalue weighted by Gasteiger charge is 2.21. The van der Waals surface area contributed by atoms with Gasteiger partial charge in [0, 0.05) is 43.2 Å². The van der Waals surface area contributed by atoms with E-state index in [2.05, 4.69) is 34.7 Å². The number of aromatic nitrogens is 2. The fraction of sp³-hybridized carbons (Fsp3) is 0.348. The lowest BCUT2D eigenvalue weighted by Gasteiger charge is -2.30. The van der Waals surface area contributed by atoms with Gasteiger partial charge < -0.3 is 10.2 Å². The van der Waals surface area contributed by atoms with Crippen LogP contribution < -0.4 is 5.32 Å². The summed E-state index contributed by atoms with van der Waals surface area (Å²) in [5, 5.41) is 6.48. The van der Waals surface area contributed by atoms with Crippen molar-refractivity contribution in [1.29, 1.82) is 0 Å². The van der Waals surface area contributed by atoms with Gasteiger partial charge in [0.25, 0.3) is 5.91 Å². The van der Waals surface area contributed by atoms with Gasteiger partial charge in [-0.15, -0.1) is 11.3 Å². The molecule has 3 heterocycles. The maximum Gasteiger partial charge on any atom is 0.255 e. The van der Waals surface area contributed by atoms with E-state index in [4.69, 9.17) is 4.98 Å². The smallest absolute Gasteiger partial charge is 0.255 e. The summed E-state index contributed by atoms with van der Waals surface area (Å²) in [5.74, 6) is 1.59. The van der Waals surface area contributed by atoms with Crippen molar-refractivity contribution >= 4 is 23.1 Å². The van der Waals surface area contributed by atoms with Crippen LogP contribution in [0, 0.1) is 5.92 Å². The minimum atomic E-state index is 0.0897. The average molecular weight is 407 g/mol. The van der Waals surface area contributed by atoms with Crippen molar-refractivity contribution < 1.29 is 4.79 Å². The zero-order valence-electron chi connectivity index (χ0n) is 16.7. The molecule has 0 bridgehead atoms. The predicted molar refractivity (Wildman–Crippen MR) is 118 cm³/mol. The van der Waals surface area contributed by atoms with E-state index in [1.165, 1.54) is 0 Å². The van der Waals surface area contributed by atoms with Crippen LogP contribution in [0.15, 0.2) is 54.0 Å². The first-order chi connectivity index (χ1) is 14.2. The Morgan fingerprint density at radius 2 is 1.97 bits per heavy atom. The van der Waals surface area contributed by atoms with Gasteiger partial charge in [-0.1, -0.05) is 37.3 Å². The topological polar surface area (TPSA) is 58.1 Å².